The average molecular weight is 449 g/mol. The van der Waals surface area contributed by atoms with E-state index in [4.69, 9.17) is 9.15 Å². The van der Waals surface area contributed by atoms with Gasteiger partial charge in [-0.3, -0.25) is 9.59 Å². The molecule has 32 heavy (non-hydrogen) atoms. The molecule has 0 fully saturated rings. The van der Waals surface area contributed by atoms with Gasteiger partial charge >= 0.3 is 0 Å². The van der Waals surface area contributed by atoms with Gasteiger partial charge in [0, 0.05) is 41.2 Å². The minimum atomic E-state index is -0.271. The molecule has 0 spiro atoms. The summed E-state index contributed by atoms with van der Waals surface area (Å²) in [6.45, 7) is -0.143. The Morgan fingerprint density at radius 3 is 2.56 bits per heavy atom. The molecule has 2 aromatic carbocycles. The molecular weight excluding hydrogens is 428 g/mol. The Labute approximate surface area is 188 Å². The number of carbonyl (C=O) groups excluding carboxylic acids is 2. The second-order valence-electron chi connectivity index (χ2n) is 6.79. The van der Waals surface area contributed by atoms with E-state index in [0.717, 1.165) is 5.56 Å². The summed E-state index contributed by atoms with van der Waals surface area (Å²) in [6.07, 6.45) is 0.522. The van der Waals surface area contributed by atoms with Gasteiger partial charge in [-0.2, -0.15) is 11.3 Å². The van der Waals surface area contributed by atoms with Gasteiger partial charge in [-0.05, 0) is 35.7 Å². The SMILES string of the molecule is O=C(CCc1nnc(-c2ccsc2)o1)Nc1cccc(OCC(=O)Nc2ccccc2)c1. The highest BCUT2D eigenvalue weighted by Crippen LogP contribution is 2.21. The van der Waals surface area contributed by atoms with E-state index in [1.807, 2.05) is 35.0 Å². The van der Waals surface area contributed by atoms with E-state index in [-0.39, 0.29) is 24.8 Å². The molecule has 2 heterocycles. The number of ether oxygens (including phenoxy) is 1. The van der Waals surface area contributed by atoms with E-state index in [9.17, 15) is 9.59 Å². The van der Waals surface area contributed by atoms with Crippen LogP contribution in [0.3, 0.4) is 0 Å². The minimum Gasteiger partial charge on any atom is -0.484 e. The first kappa shape index (κ1) is 21.3. The Kier molecular flexibility index (Phi) is 6.88. The number of aryl methyl sites for hydroxylation is 1. The quantitative estimate of drug-likeness (QED) is 0.393. The second-order valence-corrected chi connectivity index (χ2v) is 7.57. The molecule has 2 amide bonds. The third-order valence-corrected chi connectivity index (χ3v) is 5.03. The number of aromatic nitrogens is 2. The maximum atomic E-state index is 12.3. The number of nitrogens with zero attached hydrogens (tertiary/aromatic N) is 2. The van der Waals surface area contributed by atoms with Gasteiger partial charge in [0.1, 0.15) is 5.75 Å². The number of para-hydroxylation sites is 1. The number of benzene rings is 2. The van der Waals surface area contributed by atoms with Crippen LogP contribution >= 0.6 is 11.3 Å². The van der Waals surface area contributed by atoms with E-state index in [1.54, 1.807) is 47.7 Å². The predicted molar refractivity (Wildman–Crippen MR) is 122 cm³/mol. The number of anilines is 2. The summed E-state index contributed by atoms with van der Waals surface area (Å²) >= 11 is 1.55. The molecule has 0 bridgehead atoms. The minimum absolute atomic E-state index is 0.143. The van der Waals surface area contributed by atoms with E-state index >= 15 is 0 Å². The first-order valence-electron chi connectivity index (χ1n) is 9.88. The van der Waals surface area contributed by atoms with Crippen molar-refractivity contribution in [2.24, 2.45) is 0 Å². The summed E-state index contributed by atoms with van der Waals surface area (Å²) in [5.74, 6) is 0.861. The van der Waals surface area contributed by atoms with Crippen molar-refractivity contribution in [1.29, 1.82) is 0 Å². The molecule has 2 aromatic heterocycles. The zero-order valence-electron chi connectivity index (χ0n) is 17.0. The van der Waals surface area contributed by atoms with Gasteiger partial charge in [0.15, 0.2) is 6.61 Å². The van der Waals surface area contributed by atoms with E-state index in [0.29, 0.717) is 35.3 Å². The van der Waals surface area contributed by atoms with Crippen LogP contribution in [0.4, 0.5) is 11.4 Å². The molecule has 0 saturated heterocycles. The first-order chi connectivity index (χ1) is 15.7. The molecule has 0 saturated carbocycles. The van der Waals surface area contributed by atoms with Gasteiger partial charge in [-0.25, -0.2) is 0 Å². The first-order valence-corrected chi connectivity index (χ1v) is 10.8. The molecule has 4 aromatic rings. The number of rotatable bonds is 9. The number of nitrogens with one attached hydrogen (secondary N) is 2. The van der Waals surface area contributed by atoms with Crippen molar-refractivity contribution >= 4 is 34.5 Å². The van der Waals surface area contributed by atoms with Crippen LogP contribution in [0.2, 0.25) is 0 Å². The fraction of sp³-hybridized carbons (Fsp3) is 0.130. The molecule has 4 rings (SSSR count). The lowest BCUT2D eigenvalue weighted by atomic mass is 10.2. The maximum absolute atomic E-state index is 12.3. The Bertz CT molecular complexity index is 1180. The molecule has 0 aliphatic heterocycles. The third kappa shape index (κ3) is 6.02. The van der Waals surface area contributed by atoms with Crippen LogP contribution in [0.15, 0.2) is 75.8 Å². The van der Waals surface area contributed by atoms with Gasteiger partial charge in [0.25, 0.3) is 5.91 Å². The smallest absolute Gasteiger partial charge is 0.262 e. The Balaban J connectivity index is 1.24. The van der Waals surface area contributed by atoms with Crippen molar-refractivity contribution < 1.29 is 18.7 Å². The third-order valence-electron chi connectivity index (χ3n) is 4.35. The summed E-state index contributed by atoms with van der Waals surface area (Å²) < 4.78 is 11.1. The molecule has 0 atom stereocenters. The van der Waals surface area contributed by atoms with Crippen LogP contribution in [0, 0.1) is 0 Å². The van der Waals surface area contributed by atoms with Crippen LogP contribution < -0.4 is 15.4 Å². The van der Waals surface area contributed by atoms with Crippen LogP contribution in [-0.2, 0) is 16.0 Å². The highest BCUT2D eigenvalue weighted by Gasteiger charge is 2.11. The highest BCUT2D eigenvalue weighted by atomic mass is 32.1. The Morgan fingerprint density at radius 2 is 1.75 bits per heavy atom. The second kappa shape index (κ2) is 10.4. The summed E-state index contributed by atoms with van der Waals surface area (Å²) in [6, 6.07) is 17.9. The normalized spacial score (nSPS) is 10.5. The van der Waals surface area contributed by atoms with Gasteiger partial charge in [0.05, 0.1) is 0 Å². The monoisotopic (exact) mass is 448 g/mol. The van der Waals surface area contributed by atoms with Crippen LogP contribution in [0.5, 0.6) is 5.75 Å². The standard InChI is InChI=1S/C23H20N4O4S/c28-20(9-10-22-26-27-23(31-22)16-11-12-32-15-16)25-18-7-4-8-19(13-18)30-14-21(29)24-17-5-2-1-3-6-17/h1-8,11-13,15H,9-10,14H2,(H,24,29)(H,25,28). The van der Waals surface area contributed by atoms with E-state index < -0.39 is 0 Å². The molecule has 2 N–H and O–H groups in total. The van der Waals surface area contributed by atoms with Crippen molar-refractivity contribution in [2.45, 2.75) is 12.8 Å². The molecule has 0 aliphatic carbocycles. The Morgan fingerprint density at radius 1 is 0.938 bits per heavy atom. The highest BCUT2D eigenvalue weighted by molar-refractivity contribution is 7.08. The fourth-order valence-corrected chi connectivity index (χ4v) is 3.46. The zero-order chi connectivity index (χ0) is 22.2. The molecule has 9 heteroatoms. The van der Waals surface area contributed by atoms with Gasteiger partial charge in [-0.1, -0.05) is 24.3 Å². The van der Waals surface area contributed by atoms with Gasteiger partial charge in [-0.15, -0.1) is 10.2 Å². The number of amides is 2. The maximum Gasteiger partial charge on any atom is 0.262 e. The van der Waals surface area contributed by atoms with Crippen molar-refractivity contribution in [3.8, 4) is 17.2 Å². The Hall–Kier alpha value is -3.98. The summed E-state index contributed by atoms with van der Waals surface area (Å²) in [4.78, 5) is 24.3. The lowest BCUT2D eigenvalue weighted by Gasteiger charge is -2.09. The number of hydrogen-bond donors (Lipinski definition) is 2. The number of hydrogen-bond acceptors (Lipinski definition) is 7. The molecule has 8 nitrogen and oxygen atoms in total. The lowest BCUT2D eigenvalue weighted by molar-refractivity contribution is -0.118. The van der Waals surface area contributed by atoms with Gasteiger partial charge < -0.3 is 19.8 Å². The van der Waals surface area contributed by atoms with Crippen molar-refractivity contribution in [2.75, 3.05) is 17.2 Å². The summed E-state index contributed by atoms with van der Waals surface area (Å²) in [5.41, 5.74) is 2.14. The molecule has 0 unspecified atom stereocenters. The van der Waals surface area contributed by atoms with E-state index in [1.165, 1.54) is 0 Å². The largest absolute Gasteiger partial charge is 0.484 e. The van der Waals surface area contributed by atoms with Crippen LogP contribution in [0.1, 0.15) is 12.3 Å². The summed E-state index contributed by atoms with van der Waals surface area (Å²) in [5, 5.41) is 17.4. The van der Waals surface area contributed by atoms with Gasteiger partial charge in [0.2, 0.25) is 17.7 Å². The molecular formula is C23H20N4O4S. The predicted octanol–water partition coefficient (Wildman–Crippen LogP) is 4.39. The molecule has 162 valence electrons. The summed E-state index contributed by atoms with van der Waals surface area (Å²) in [7, 11) is 0. The topological polar surface area (TPSA) is 106 Å². The average Bonchev–Trinajstić information content (AvgIpc) is 3.49. The number of thiophene rings is 1. The molecule has 0 aliphatic rings. The number of carbonyl (C=O) groups is 2. The van der Waals surface area contributed by atoms with Crippen molar-refractivity contribution in [3.05, 3.63) is 77.3 Å². The van der Waals surface area contributed by atoms with Crippen molar-refractivity contribution in [1.82, 2.24) is 10.2 Å². The van der Waals surface area contributed by atoms with Crippen LogP contribution in [-0.4, -0.2) is 28.6 Å². The zero-order valence-corrected chi connectivity index (χ0v) is 17.8. The lowest BCUT2D eigenvalue weighted by Crippen LogP contribution is -2.20. The van der Waals surface area contributed by atoms with E-state index in [2.05, 4.69) is 20.8 Å². The van der Waals surface area contributed by atoms with Crippen molar-refractivity contribution in [3.63, 3.8) is 0 Å². The fourth-order valence-electron chi connectivity index (χ4n) is 2.83. The molecule has 0 radical (unpaired) electrons. The van der Waals surface area contributed by atoms with Crippen LogP contribution in [0.25, 0.3) is 11.5 Å².